The maximum Gasteiger partial charge on any atom is 0.333 e. The lowest BCUT2D eigenvalue weighted by molar-refractivity contribution is 0.218. The van der Waals surface area contributed by atoms with Gasteiger partial charge in [-0.1, -0.05) is 84.9 Å². The first-order chi connectivity index (χ1) is 24.2. The molecule has 0 saturated carbocycles. The lowest BCUT2D eigenvalue weighted by Crippen LogP contribution is -2.37. The van der Waals surface area contributed by atoms with Crippen LogP contribution in [0.25, 0.3) is 23.3 Å². The van der Waals surface area contributed by atoms with Gasteiger partial charge in [0.05, 0.1) is 13.2 Å². The molecule has 0 radical (unpaired) electrons. The molecule has 2 atom stereocenters. The van der Waals surface area contributed by atoms with Crippen LogP contribution >= 0.6 is 0 Å². The minimum atomic E-state index is -2.17. The molecule has 4 N–H and O–H groups in total. The van der Waals surface area contributed by atoms with Crippen molar-refractivity contribution in [1.82, 2.24) is 0 Å². The second-order valence-corrected chi connectivity index (χ2v) is 17.2. The quantitative estimate of drug-likeness (QED) is 0.0700. The highest BCUT2D eigenvalue weighted by Gasteiger charge is 2.22. The number of fused-ring (bicyclic) bond motifs is 2. The summed E-state index contributed by atoms with van der Waals surface area (Å²) < 4.78 is 29.5. The number of nitrogens with two attached hydrogens (primary N) is 2. The molecule has 2 unspecified atom stereocenters. The summed E-state index contributed by atoms with van der Waals surface area (Å²) in [6.45, 7) is 1.10. The lowest BCUT2D eigenvalue weighted by Gasteiger charge is -2.20. The van der Waals surface area contributed by atoms with Gasteiger partial charge in [0.1, 0.15) is 11.5 Å². The molecule has 2 aliphatic rings. The number of hydrogen-bond acceptors (Lipinski definition) is 7. The minimum absolute atomic E-state index is 0.548. The van der Waals surface area contributed by atoms with E-state index in [0.717, 1.165) is 62.9 Å². The van der Waals surface area contributed by atoms with E-state index in [9.17, 15) is 0 Å². The summed E-state index contributed by atoms with van der Waals surface area (Å²) in [5.74, 6) is 13.2. The molecule has 0 amide bonds. The van der Waals surface area contributed by atoms with Gasteiger partial charge in [0, 0.05) is 11.1 Å². The zero-order valence-corrected chi connectivity index (χ0v) is 30.5. The van der Waals surface area contributed by atoms with Crippen molar-refractivity contribution in [2.45, 2.75) is 63.5 Å². The van der Waals surface area contributed by atoms with Gasteiger partial charge >= 0.3 is 18.6 Å². The summed E-state index contributed by atoms with van der Waals surface area (Å²) in [6.07, 6.45) is 12.6. The van der Waals surface area contributed by atoms with Crippen LogP contribution in [0.2, 0.25) is 12.1 Å². The van der Waals surface area contributed by atoms with Crippen molar-refractivity contribution in [2.75, 3.05) is 13.2 Å². The standard InChI is InChI=1S/C40H48N2O5Si2/c41-45-48(27-11-25-43-39-23-9-19-33-17-7-21-35(29-37(33)39)31-13-3-1-4-14-31)47-49(46-42)28-12-26-44-40-24-10-20-34-18-8-22-36(30-38(34)40)32-15-5-2-6-16-32/h1-6,9-10,13-16,19-20,23-24,29-30,48-49H,7-8,11-12,17-18,21-22,25-28,41-42H2. The van der Waals surface area contributed by atoms with Crippen molar-refractivity contribution in [3.05, 3.63) is 130 Å². The van der Waals surface area contributed by atoms with Crippen LogP contribution in [0.4, 0.5) is 0 Å². The molecule has 256 valence electrons. The summed E-state index contributed by atoms with van der Waals surface area (Å²) in [5, 5.41) is 0. The second-order valence-electron chi connectivity index (χ2n) is 12.7. The van der Waals surface area contributed by atoms with Gasteiger partial charge in [-0.05, 0) is 121 Å². The molecular weight excluding hydrogens is 645 g/mol. The Morgan fingerprint density at radius 3 is 1.39 bits per heavy atom. The first-order valence-electron chi connectivity index (χ1n) is 17.6. The molecule has 0 heterocycles. The van der Waals surface area contributed by atoms with E-state index in [1.165, 1.54) is 44.5 Å². The smallest absolute Gasteiger partial charge is 0.333 e. The van der Waals surface area contributed by atoms with E-state index in [1.54, 1.807) is 0 Å². The highest BCUT2D eigenvalue weighted by molar-refractivity contribution is 6.59. The van der Waals surface area contributed by atoms with Crippen molar-refractivity contribution in [3.8, 4) is 11.5 Å². The van der Waals surface area contributed by atoms with Crippen LogP contribution in [-0.4, -0.2) is 31.8 Å². The predicted molar refractivity (Wildman–Crippen MR) is 203 cm³/mol. The number of hydrogen-bond donors (Lipinski definition) is 2. The largest absolute Gasteiger partial charge is 0.493 e. The second kappa shape index (κ2) is 18.3. The first-order valence-corrected chi connectivity index (χ1v) is 21.1. The van der Waals surface area contributed by atoms with Gasteiger partial charge in [0.2, 0.25) is 0 Å². The molecular formula is C40H48N2O5Si2. The lowest BCUT2D eigenvalue weighted by atomic mass is 10.0. The van der Waals surface area contributed by atoms with E-state index in [1.807, 2.05) is 0 Å². The summed E-state index contributed by atoms with van der Waals surface area (Å²) in [5.41, 5.74) is 10.3. The monoisotopic (exact) mass is 692 g/mol. The third-order valence-electron chi connectivity index (χ3n) is 9.31. The number of ether oxygens (including phenoxy) is 2. The Balaban J connectivity index is 0.978. The van der Waals surface area contributed by atoms with Gasteiger partial charge in [-0.3, -0.25) is 0 Å². The van der Waals surface area contributed by atoms with E-state index >= 15 is 0 Å². The molecule has 0 spiro atoms. The normalized spacial score (nSPS) is 15.5. The topological polar surface area (TPSA) is 98.2 Å². The molecule has 4 aromatic rings. The summed E-state index contributed by atoms with van der Waals surface area (Å²) >= 11 is 0. The summed E-state index contributed by atoms with van der Waals surface area (Å²) in [7, 11) is -4.35. The fourth-order valence-electron chi connectivity index (χ4n) is 6.76. The molecule has 49 heavy (non-hydrogen) atoms. The molecule has 6 rings (SSSR count). The molecule has 0 aromatic heterocycles. The third kappa shape index (κ3) is 9.67. The molecule has 0 bridgehead atoms. The van der Waals surface area contributed by atoms with Gasteiger partial charge in [0.15, 0.2) is 0 Å². The highest BCUT2D eigenvalue weighted by atomic mass is 28.4. The summed E-state index contributed by atoms with van der Waals surface area (Å²) in [6, 6.07) is 35.4. The Kier molecular flexibility index (Phi) is 13.1. The van der Waals surface area contributed by atoms with Crippen molar-refractivity contribution >= 4 is 41.9 Å². The number of rotatable bonds is 16. The van der Waals surface area contributed by atoms with Crippen LogP contribution in [0.3, 0.4) is 0 Å². The van der Waals surface area contributed by atoms with Crippen molar-refractivity contribution in [2.24, 2.45) is 11.8 Å². The fraction of sp³-hybridized carbons (Fsp3) is 0.300. The SMILES string of the molecule is NO[SiH](CCCOc1cccc2c1C=C(c1ccccc1)CCC2)O[SiH](CCCOc1cccc2c1C=C(c1ccccc1)CCC2)ON. The third-order valence-corrected chi connectivity index (χ3v) is 14.1. The zero-order chi connectivity index (χ0) is 33.7. The first kappa shape index (κ1) is 35.0. The average molecular weight is 693 g/mol. The van der Waals surface area contributed by atoms with Crippen LogP contribution in [0.5, 0.6) is 11.5 Å². The van der Waals surface area contributed by atoms with Gasteiger partial charge in [0.25, 0.3) is 0 Å². The molecule has 0 saturated heterocycles. The molecule has 0 fully saturated rings. The Morgan fingerprint density at radius 1 is 0.510 bits per heavy atom. The maximum absolute atomic E-state index is 6.33. The average Bonchev–Trinajstić information content (AvgIpc) is 3.52. The van der Waals surface area contributed by atoms with Gasteiger partial charge in [-0.15, -0.1) is 0 Å². The fourth-order valence-corrected chi connectivity index (χ4v) is 11.0. The predicted octanol–water partition coefficient (Wildman–Crippen LogP) is 7.92. The minimum Gasteiger partial charge on any atom is -0.493 e. The number of benzene rings is 4. The molecule has 7 nitrogen and oxygen atoms in total. The Labute approximate surface area is 294 Å². The molecule has 4 aromatic carbocycles. The Morgan fingerprint density at radius 2 is 0.959 bits per heavy atom. The van der Waals surface area contributed by atoms with Crippen molar-refractivity contribution < 1.29 is 22.6 Å². The van der Waals surface area contributed by atoms with Gasteiger partial charge in [-0.25, -0.2) is 11.8 Å². The Bertz CT molecular complexity index is 1570. The van der Waals surface area contributed by atoms with Crippen LogP contribution in [-0.2, 0) is 26.0 Å². The Hall–Kier alpha value is -3.81. The molecule has 9 heteroatoms. The van der Waals surface area contributed by atoms with E-state index < -0.39 is 18.6 Å². The van der Waals surface area contributed by atoms with E-state index in [2.05, 4.69) is 109 Å². The number of aryl methyl sites for hydroxylation is 2. The number of allylic oxidation sites excluding steroid dienone is 2. The van der Waals surface area contributed by atoms with Crippen LogP contribution < -0.4 is 21.3 Å². The van der Waals surface area contributed by atoms with Crippen molar-refractivity contribution in [1.29, 1.82) is 0 Å². The zero-order valence-electron chi connectivity index (χ0n) is 28.2. The van der Waals surface area contributed by atoms with E-state index in [4.69, 9.17) is 34.4 Å². The van der Waals surface area contributed by atoms with Crippen LogP contribution in [0.1, 0.15) is 71.9 Å². The van der Waals surface area contributed by atoms with E-state index in [0.29, 0.717) is 25.3 Å². The summed E-state index contributed by atoms with van der Waals surface area (Å²) in [4.78, 5) is 0. The van der Waals surface area contributed by atoms with E-state index in [-0.39, 0.29) is 0 Å². The van der Waals surface area contributed by atoms with Crippen LogP contribution in [0, 0.1) is 0 Å². The van der Waals surface area contributed by atoms with Gasteiger partial charge < -0.3 is 22.6 Å². The van der Waals surface area contributed by atoms with Gasteiger partial charge in [-0.2, -0.15) is 0 Å². The van der Waals surface area contributed by atoms with Crippen molar-refractivity contribution in [3.63, 3.8) is 0 Å². The molecule has 0 aliphatic heterocycles. The molecule has 2 aliphatic carbocycles. The highest BCUT2D eigenvalue weighted by Crippen LogP contribution is 2.36. The van der Waals surface area contributed by atoms with Crippen LogP contribution in [0.15, 0.2) is 97.1 Å². The maximum atomic E-state index is 6.33.